The van der Waals surface area contributed by atoms with Crippen molar-refractivity contribution in [2.24, 2.45) is 0 Å². The van der Waals surface area contributed by atoms with Gasteiger partial charge in [0.05, 0.1) is 22.1 Å². The average molecular weight is 819 g/mol. The van der Waals surface area contributed by atoms with E-state index in [1.54, 1.807) is 0 Å². The Morgan fingerprint density at radius 1 is 0.222 bits per heavy atom. The first-order valence-corrected chi connectivity index (χ1v) is 23.8. The normalized spacial score (nSPS) is 11.8. The molecule has 0 spiro atoms. The van der Waals surface area contributed by atoms with E-state index in [2.05, 4.69) is 264 Å². The summed E-state index contributed by atoms with van der Waals surface area (Å²) in [7, 11) is -2.79. The van der Waals surface area contributed by atoms with Gasteiger partial charge in [0.2, 0.25) is 0 Å². The van der Waals surface area contributed by atoms with Crippen molar-refractivity contribution in [3.05, 3.63) is 255 Å². The molecule has 0 fully saturated rings. The Morgan fingerprint density at radius 3 is 1.19 bits per heavy atom. The zero-order valence-electron chi connectivity index (χ0n) is 34.6. The predicted molar refractivity (Wildman–Crippen MR) is 270 cm³/mol. The van der Waals surface area contributed by atoms with Gasteiger partial charge in [-0.15, -0.1) is 0 Å². The molecule has 0 aliphatic carbocycles. The van der Waals surface area contributed by atoms with Crippen molar-refractivity contribution >= 4 is 72.4 Å². The Kier molecular flexibility index (Phi) is 8.87. The monoisotopic (exact) mass is 818 g/mol. The summed E-state index contributed by atoms with van der Waals surface area (Å²) in [6.07, 6.45) is 0. The quantitative estimate of drug-likeness (QED) is 0.107. The minimum absolute atomic E-state index is 1.13. The summed E-state index contributed by atoms with van der Waals surface area (Å²) in [5.74, 6) is 0. The van der Waals surface area contributed by atoms with Crippen molar-refractivity contribution < 1.29 is 0 Å². The van der Waals surface area contributed by atoms with E-state index >= 15 is 0 Å². The van der Waals surface area contributed by atoms with E-state index < -0.39 is 8.07 Å². The van der Waals surface area contributed by atoms with Crippen LogP contribution in [0.25, 0.3) is 77.2 Å². The maximum absolute atomic E-state index is 2.79. The Balaban J connectivity index is 1.13. The molecule has 0 amide bonds. The van der Waals surface area contributed by atoms with Crippen LogP contribution in [0.15, 0.2) is 255 Å². The van der Waals surface area contributed by atoms with Crippen molar-refractivity contribution in [1.82, 2.24) is 9.13 Å². The molecule has 2 aromatic heterocycles. The molecule has 296 valence electrons. The smallest absolute Gasteiger partial charge is 0.179 e. The highest BCUT2D eigenvalue weighted by Crippen LogP contribution is 2.38. The molecular formula is C60H42N2Si. The molecule has 0 saturated carbocycles. The maximum atomic E-state index is 2.52. The van der Waals surface area contributed by atoms with Gasteiger partial charge in [0, 0.05) is 32.9 Å². The van der Waals surface area contributed by atoms with Gasteiger partial charge in [-0.25, -0.2) is 0 Å². The first-order chi connectivity index (χ1) is 31.3. The Morgan fingerprint density at radius 2 is 0.603 bits per heavy atom. The molecule has 10 aromatic carbocycles. The molecule has 0 bridgehead atoms. The van der Waals surface area contributed by atoms with Gasteiger partial charge >= 0.3 is 0 Å². The highest BCUT2D eigenvalue weighted by molar-refractivity contribution is 7.20. The molecule has 2 heterocycles. The van der Waals surface area contributed by atoms with Crippen molar-refractivity contribution in [1.29, 1.82) is 0 Å². The number of benzene rings is 10. The van der Waals surface area contributed by atoms with E-state index in [-0.39, 0.29) is 0 Å². The van der Waals surface area contributed by atoms with E-state index in [9.17, 15) is 0 Å². The number of nitrogens with zero attached hydrogens (tertiary/aromatic N) is 2. The van der Waals surface area contributed by atoms with Gasteiger partial charge in [0.25, 0.3) is 0 Å². The van der Waals surface area contributed by atoms with Crippen molar-refractivity contribution in [2.45, 2.75) is 0 Å². The van der Waals surface area contributed by atoms with Crippen LogP contribution in [0.3, 0.4) is 0 Å². The van der Waals surface area contributed by atoms with Crippen LogP contribution in [0.4, 0.5) is 0 Å². The van der Waals surface area contributed by atoms with Crippen molar-refractivity contribution in [3.8, 4) is 33.6 Å². The molecule has 63 heavy (non-hydrogen) atoms. The molecule has 12 aromatic rings. The summed E-state index contributed by atoms with van der Waals surface area (Å²) in [6, 6.07) is 94.3. The third kappa shape index (κ3) is 6.00. The molecule has 12 rings (SSSR count). The third-order valence-corrected chi connectivity index (χ3v) is 17.9. The summed E-state index contributed by atoms with van der Waals surface area (Å²) < 4.78 is 4.97. The van der Waals surface area contributed by atoms with E-state index in [4.69, 9.17) is 0 Å². The van der Waals surface area contributed by atoms with Crippen molar-refractivity contribution in [3.63, 3.8) is 0 Å². The van der Waals surface area contributed by atoms with E-state index in [1.807, 2.05) is 0 Å². The second kappa shape index (κ2) is 15.2. The number of para-hydroxylation sites is 1. The molecule has 0 aliphatic heterocycles. The molecule has 2 nitrogen and oxygen atoms in total. The minimum Gasteiger partial charge on any atom is -0.309 e. The van der Waals surface area contributed by atoms with Crippen LogP contribution in [-0.4, -0.2) is 17.2 Å². The Bertz CT molecular complexity index is 3480. The predicted octanol–water partition coefficient (Wildman–Crippen LogP) is 12.6. The fraction of sp³-hybridized carbons (Fsp3) is 0. The molecule has 0 aliphatic rings. The second-order valence-electron chi connectivity index (χ2n) is 16.5. The van der Waals surface area contributed by atoms with Gasteiger partial charge in [-0.3, -0.25) is 0 Å². The number of rotatable bonds is 8. The second-order valence-corrected chi connectivity index (χ2v) is 20.3. The fourth-order valence-electron chi connectivity index (χ4n) is 10.2. The van der Waals surface area contributed by atoms with Gasteiger partial charge < -0.3 is 9.13 Å². The fourth-order valence-corrected chi connectivity index (χ4v) is 15.0. The minimum atomic E-state index is -2.79. The molecule has 0 radical (unpaired) electrons. The van der Waals surface area contributed by atoms with Gasteiger partial charge in [-0.05, 0) is 85.5 Å². The molecular weight excluding hydrogens is 777 g/mol. The van der Waals surface area contributed by atoms with Crippen LogP contribution in [0.2, 0.25) is 0 Å². The lowest BCUT2D eigenvalue weighted by Gasteiger charge is -2.34. The molecule has 3 heteroatoms. The van der Waals surface area contributed by atoms with E-state index in [0.717, 1.165) is 11.4 Å². The number of hydrogen-bond acceptors (Lipinski definition) is 0. The summed E-state index contributed by atoms with van der Waals surface area (Å²) in [6.45, 7) is 0. The number of aromatic nitrogens is 2. The van der Waals surface area contributed by atoms with Gasteiger partial charge in [0.15, 0.2) is 8.07 Å². The first kappa shape index (κ1) is 36.8. The van der Waals surface area contributed by atoms with Crippen LogP contribution in [-0.2, 0) is 0 Å². The molecule has 0 unspecified atom stereocenters. The topological polar surface area (TPSA) is 9.86 Å². The van der Waals surface area contributed by atoms with Crippen LogP contribution in [0, 0.1) is 0 Å². The summed E-state index contributed by atoms with van der Waals surface area (Å²) in [4.78, 5) is 0. The SMILES string of the molecule is c1ccc(-c2ccc(-n3c4cc(-c5ccccc5)ccc4c4ccc(-n5c6ccccc6c6ccc([Si](c7ccccc7)(c7ccccc7)c7ccccc7)cc65)cc43)cc2)cc1. The summed E-state index contributed by atoms with van der Waals surface area (Å²) >= 11 is 0. The number of fused-ring (bicyclic) bond motifs is 6. The first-order valence-electron chi connectivity index (χ1n) is 21.8. The Labute approximate surface area is 368 Å². The largest absolute Gasteiger partial charge is 0.309 e. The van der Waals surface area contributed by atoms with E-state index in [1.165, 1.54) is 86.6 Å². The van der Waals surface area contributed by atoms with Crippen LogP contribution in [0.5, 0.6) is 0 Å². The van der Waals surface area contributed by atoms with Gasteiger partial charge in [-0.2, -0.15) is 0 Å². The summed E-state index contributed by atoms with van der Waals surface area (Å²) in [5, 5.41) is 10.4. The average Bonchev–Trinajstić information content (AvgIpc) is 3.87. The van der Waals surface area contributed by atoms with Crippen LogP contribution in [0.1, 0.15) is 0 Å². The molecule has 0 N–H and O–H groups in total. The lowest BCUT2D eigenvalue weighted by Crippen LogP contribution is -2.74. The zero-order valence-corrected chi connectivity index (χ0v) is 35.6. The summed E-state index contributed by atoms with van der Waals surface area (Å²) in [5.41, 5.74) is 11.8. The van der Waals surface area contributed by atoms with Gasteiger partial charge in [-0.1, -0.05) is 212 Å². The number of hydrogen-bond donors (Lipinski definition) is 0. The zero-order chi connectivity index (χ0) is 41.7. The molecule has 0 atom stereocenters. The van der Waals surface area contributed by atoms with E-state index in [0.29, 0.717) is 0 Å². The lowest BCUT2D eigenvalue weighted by molar-refractivity contribution is 1.16. The Hall–Kier alpha value is -7.98. The highest BCUT2D eigenvalue weighted by Gasteiger charge is 2.41. The van der Waals surface area contributed by atoms with Crippen molar-refractivity contribution in [2.75, 3.05) is 0 Å². The maximum Gasteiger partial charge on any atom is 0.179 e. The highest BCUT2D eigenvalue weighted by atomic mass is 28.3. The molecule has 0 saturated heterocycles. The van der Waals surface area contributed by atoms with Gasteiger partial charge in [0.1, 0.15) is 0 Å². The van der Waals surface area contributed by atoms with Crippen LogP contribution < -0.4 is 20.7 Å². The third-order valence-electron chi connectivity index (χ3n) is 13.1. The van der Waals surface area contributed by atoms with Crippen LogP contribution >= 0.6 is 0 Å². The standard InChI is InChI=1S/C60H42N2Si/c1-6-18-43(19-7-1)45-30-33-47(34-31-45)61-58-40-46(44-20-8-2-9-21-44)32-37-54(58)55-38-35-48(41-59(55)61)62-57-29-17-16-28-53(57)56-39-36-52(42-60(56)62)63(49-22-10-3-11-23-49,50-24-12-4-13-25-50)51-26-14-5-15-27-51/h1-42H. The lowest BCUT2D eigenvalue weighted by atomic mass is 10.0.